The van der Waals surface area contributed by atoms with Crippen molar-refractivity contribution in [2.24, 2.45) is 0 Å². The van der Waals surface area contributed by atoms with Crippen LogP contribution in [0.15, 0.2) is 0 Å². The van der Waals surface area contributed by atoms with Gasteiger partial charge in [-0.2, -0.15) is 0 Å². The van der Waals surface area contributed by atoms with Gasteiger partial charge in [-0.3, -0.25) is 9.69 Å². The number of hydrogen-bond acceptors (Lipinski definition) is 3. The Bertz CT molecular complexity index is 184. The van der Waals surface area contributed by atoms with Crippen LogP contribution in [-0.4, -0.2) is 60.1 Å². The van der Waals surface area contributed by atoms with Crippen LogP contribution in [0.3, 0.4) is 0 Å². The summed E-state index contributed by atoms with van der Waals surface area (Å²) in [6.45, 7) is 4.41. The lowest BCUT2D eigenvalue weighted by Crippen LogP contribution is -2.38. The topological polar surface area (TPSA) is 43.8 Å². The summed E-state index contributed by atoms with van der Waals surface area (Å²) >= 11 is 0. The summed E-state index contributed by atoms with van der Waals surface area (Å²) in [5.74, 6) is 0.121. The van der Waals surface area contributed by atoms with Crippen molar-refractivity contribution in [2.75, 3.05) is 33.3 Å². The first-order valence-corrected chi connectivity index (χ1v) is 4.71. The fraction of sp³-hybridized carbons (Fsp3) is 0.889. The lowest BCUT2D eigenvalue weighted by molar-refractivity contribution is -0.129. The van der Waals surface area contributed by atoms with Gasteiger partial charge < -0.3 is 10.0 Å². The molecule has 1 saturated heterocycles. The molecule has 1 aliphatic rings. The molecule has 76 valence electrons. The van der Waals surface area contributed by atoms with Crippen molar-refractivity contribution < 1.29 is 9.90 Å². The van der Waals surface area contributed by atoms with E-state index < -0.39 is 0 Å². The summed E-state index contributed by atoms with van der Waals surface area (Å²) in [5, 5.41) is 8.74. The molecule has 0 aromatic carbocycles. The molecule has 4 nitrogen and oxygen atoms in total. The first kappa shape index (κ1) is 10.5. The molecule has 0 spiro atoms. The van der Waals surface area contributed by atoms with E-state index in [0.717, 1.165) is 26.1 Å². The zero-order valence-corrected chi connectivity index (χ0v) is 8.36. The summed E-state index contributed by atoms with van der Waals surface area (Å²) in [5.41, 5.74) is 0. The standard InChI is InChI=1S/C9H18N2O2/c1-8(13)10(2)9-3-4-11(7-9)5-6-12/h9,12H,3-7H2,1-2H3/t9-/m1/s1. The zero-order chi connectivity index (χ0) is 9.84. The highest BCUT2D eigenvalue weighted by molar-refractivity contribution is 5.73. The van der Waals surface area contributed by atoms with Gasteiger partial charge in [0.25, 0.3) is 0 Å². The molecule has 1 heterocycles. The van der Waals surface area contributed by atoms with Gasteiger partial charge in [-0.05, 0) is 6.42 Å². The summed E-state index contributed by atoms with van der Waals surface area (Å²) < 4.78 is 0. The summed E-state index contributed by atoms with van der Waals surface area (Å²) in [7, 11) is 1.84. The van der Waals surface area contributed by atoms with E-state index >= 15 is 0 Å². The van der Waals surface area contributed by atoms with E-state index in [1.54, 1.807) is 11.8 Å². The lowest BCUT2D eigenvalue weighted by atomic mass is 10.2. The van der Waals surface area contributed by atoms with Crippen LogP contribution in [0, 0.1) is 0 Å². The molecule has 4 heteroatoms. The van der Waals surface area contributed by atoms with Crippen LogP contribution in [0.4, 0.5) is 0 Å². The van der Waals surface area contributed by atoms with E-state index in [1.807, 2.05) is 7.05 Å². The van der Waals surface area contributed by atoms with Crippen LogP contribution in [0.5, 0.6) is 0 Å². The maximum atomic E-state index is 11.1. The third-order valence-electron chi connectivity index (χ3n) is 2.71. The average molecular weight is 186 g/mol. The van der Waals surface area contributed by atoms with Gasteiger partial charge in [0, 0.05) is 39.6 Å². The fourth-order valence-electron chi connectivity index (χ4n) is 1.73. The molecule has 1 fully saturated rings. The van der Waals surface area contributed by atoms with Gasteiger partial charge in [-0.1, -0.05) is 0 Å². The largest absolute Gasteiger partial charge is 0.395 e. The number of hydrogen-bond donors (Lipinski definition) is 1. The Kier molecular flexibility index (Phi) is 3.69. The molecule has 0 radical (unpaired) electrons. The van der Waals surface area contributed by atoms with Crippen LogP contribution < -0.4 is 0 Å². The van der Waals surface area contributed by atoms with Crippen LogP contribution in [0.25, 0.3) is 0 Å². The number of nitrogens with zero attached hydrogens (tertiary/aromatic N) is 2. The Labute approximate surface area is 79.1 Å². The van der Waals surface area contributed by atoms with E-state index in [0.29, 0.717) is 6.04 Å². The first-order chi connectivity index (χ1) is 6.15. The summed E-state index contributed by atoms with van der Waals surface area (Å²) in [6, 6.07) is 0.337. The highest BCUT2D eigenvalue weighted by Crippen LogP contribution is 2.13. The summed E-state index contributed by atoms with van der Waals surface area (Å²) in [6.07, 6.45) is 1.02. The Morgan fingerprint density at radius 2 is 2.38 bits per heavy atom. The second-order valence-corrected chi connectivity index (χ2v) is 3.60. The van der Waals surface area contributed by atoms with Crippen LogP contribution >= 0.6 is 0 Å². The minimum Gasteiger partial charge on any atom is -0.395 e. The third kappa shape index (κ3) is 2.67. The smallest absolute Gasteiger partial charge is 0.219 e. The van der Waals surface area contributed by atoms with Crippen molar-refractivity contribution in [2.45, 2.75) is 19.4 Å². The quantitative estimate of drug-likeness (QED) is 0.648. The maximum Gasteiger partial charge on any atom is 0.219 e. The normalized spacial score (nSPS) is 23.5. The molecule has 0 unspecified atom stereocenters. The van der Waals surface area contributed by atoms with Crippen molar-refractivity contribution in [1.29, 1.82) is 0 Å². The van der Waals surface area contributed by atoms with Gasteiger partial charge in [-0.25, -0.2) is 0 Å². The van der Waals surface area contributed by atoms with Gasteiger partial charge in [0.05, 0.1) is 6.61 Å². The predicted octanol–water partition coefficient (Wildman–Crippen LogP) is -0.469. The maximum absolute atomic E-state index is 11.1. The second-order valence-electron chi connectivity index (χ2n) is 3.60. The fourth-order valence-corrected chi connectivity index (χ4v) is 1.73. The molecule has 1 aliphatic heterocycles. The molecule has 1 atom stereocenters. The molecule has 0 bridgehead atoms. The molecular weight excluding hydrogens is 168 g/mol. The predicted molar refractivity (Wildman–Crippen MR) is 50.4 cm³/mol. The van der Waals surface area contributed by atoms with Gasteiger partial charge in [0.2, 0.25) is 5.91 Å². The van der Waals surface area contributed by atoms with Crippen molar-refractivity contribution in [3.05, 3.63) is 0 Å². The molecule has 0 aromatic heterocycles. The molecule has 0 aliphatic carbocycles. The molecule has 1 rings (SSSR count). The number of aliphatic hydroxyl groups is 1. The van der Waals surface area contributed by atoms with Crippen molar-refractivity contribution in [3.8, 4) is 0 Å². The highest BCUT2D eigenvalue weighted by Gasteiger charge is 2.26. The monoisotopic (exact) mass is 186 g/mol. The minimum atomic E-state index is 0.121. The van der Waals surface area contributed by atoms with Crippen LogP contribution in [0.2, 0.25) is 0 Å². The van der Waals surface area contributed by atoms with Crippen molar-refractivity contribution >= 4 is 5.91 Å². The van der Waals surface area contributed by atoms with E-state index in [1.165, 1.54) is 0 Å². The minimum absolute atomic E-state index is 0.121. The van der Waals surface area contributed by atoms with Crippen LogP contribution in [-0.2, 0) is 4.79 Å². The van der Waals surface area contributed by atoms with E-state index in [9.17, 15) is 4.79 Å². The van der Waals surface area contributed by atoms with E-state index in [4.69, 9.17) is 5.11 Å². The Hall–Kier alpha value is -0.610. The number of carbonyl (C=O) groups excluding carboxylic acids is 1. The molecule has 1 N–H and O–H groups in total. The summed E-state index contributed by atoms with van der Waals surface area (Å²) in [4.78, 5) is 15.0. The van der Waals surface area contributed by atoms with Crippen molar-refractivity contribution in [3.63, 3.8) is 0 Å². The Balaban J connectivity index is 2.36. The molecule has 13 heavy (non-hydrogen) atoms. The average Bonchev–Trinajstić information content (AvgIpc) is 2.52. The Morgan fingerprint density at radius 1 is 1.69 bits per heavy atom. The van der Waals surface area contributed by atoms with Gasteiger partial charge >= 0.3 is 0 Å². The number of rotatable bonds is 3. The van der Waals surface area contributed by atoms with Gasteiger partial charge in [0.1, 0.15) is 0 Å². The van der Waals surface area contributed by atoms with Crippen LogP contribution in [0.1, 0.15) is 13.3 Å². The number of amides is 1. The Morgan fingerprint density at radius 3 is 2.92 bits per heavy atom. The number of β-amino-alcohol motifs (C(OH)–C–C–N with tert-alkyl or cyclic N) is 1. The van der Waals surface area contributed by atoms with Gasteiger partial charge in [-0.15, -0.1) is 0 Å². The van der Waals surface area contributed by atoms with E-state index in [2.05, 4.69) is 4.90 Å². The second kappa shape index (κ2) is 4.58. The molecule has 0 aromatic rings. The SMILES string of the molecule is CC(=O)N(C)[C@@H]1CCN(CCO)C1. The van der Waals surface area contributed by atoms with E-state index in [-0.39, 0.29) is 12.5 Å². The van der Waals surface area contributed by atoms with Crippen molar-refractivity contribution in [1.82, 2.24) is 9.80 Å². The third-order valence-corrected chi connectivity index (χ3v) is 2.71. The lowest BCUT2D eigenvalue weighted by Gasteiger charge is -2.23. The first-order valence-electron chi connectivity index (χ1n) is 4.71. The number of carbonyl (C=O) groups is 1. The zero-order valence-electron chi connectivity index (χ0n) is 8.36. The molecular formula is C9H18N2O2. The number of likely N-dealkylation sites (N-methyl/N-ethyl adjacent to an activating group) is 1. The highest BCUT2D eigenvalue weighted by atomic mass is 16.3. The molecule has 0 saturated carbocycles. The molecule has 1 amide bonds. The number of aliphatic hydroxyl groups excluding tert-OH is 1. The van der Waals surface area contributed by atoms with Gasteiger partial charge in [0.15, 0.2) is 0 Å². The number of likely N-dealkylation sites (tertiary alicyclic amines) is 1.